The van der Waals surface area contributed by atoms with Crippen molar-refractivity contribution in [3.63, 3.8) is 0 Å². The number of pyridine rings is 2. The molecule has 0 aliphatic heterocycles. The second-order valence-corrected chi connectivity index (χ2v) is 6.01. The number of nitrogens with zero attached hydrogens (tertiary/aromatic N) is 2. The van der Waals surface area contributed by atoms with Gasteiger partial charge in [-0.25, -0.2) is 0 Å². The first kappa shape index (κ1) is 16.7. The van der Waals surface area contributed by atoms with E-state index >= 15 is 0 Å². The van der Waals surface area contributed by atoms with Crippen LogP contribution in [0.4, 0.5) is 0 Å². The lowest BCUT2D eigenvalue weighted by Gasteiger charge is -2.06. The summed E-state index contributed by atoms with van der Waals surface area (Å²) in [6.07, 6.45) is 13.7. The summed E-state index contributed by atoms with van der Waals surface area (Å²) in [7, 11) is 0. The van der Waals surface area contributed by atoms with Gasteiger partial charge in [0.25, 0.3) is 0 Å². The van der Waals surface area contributed by atoms with Gasteiger partial charge in [-0.05, 0) is 61.1 Å². The van der Waals surface area contributed by atoms with Crippen molar-refractivity contribution in [1.29, 1.82) is 0 Å². The maximum absolute atomic E-state index is 4.51. The van der Waals surface area contributed by atoms with E-state index in [2.05, 4.69) is 48.1 Å². The summed E-state index contributed by atoms with van der Waals surface area (Å²) in [5.41, 5.74) is 4.76. The van der Waals surface area contributed by atoms with E-state index in [1.165, 1.54) is 49.7 Å². The van der Waals surface area contributed by atoms with Crippen LogP contribution < -0.4 is 0 Å². The van der Waals surface area contributed by atoms with E-state index in [-0.39, 0.29) is 0 Å². The second-order valence-electron chi connectivity index (χ2n) is 6.01. The molecule has 0 amide bonds. The van der Waals surface area contributed by atoms with E-state index < -0.39 is 0 Å². The molecule has 0 unspecified atom stereocenters. The minimum atomic E-state index is 1.01. The summed E-state index contributed by atoms with van der Waals surface area (Å²) in [6.45, 7) is 4.48. The minimum absolute atomic E-state index is 1.01. The largest absolute Gasteiger partial charge is 0.255 e. The standard InChI is InChI=1S/C20H28N2/c1-3-5-7-9-17-11-13-21-19(15-17)20-16-18(12-14-22-20)10-8-6-4-2/h11-16H,3-10H2,1-2H3. The highest BCUT2D eigenvalue weighted by atomic mass is 14.8. The molecule has 118 valence electrons. The average Bonchev–Trinajstić information content (AvgIpc) is 2.56. The molecule has 0 saturated carbocycles. The molecule has 0 spiro atoms. The van der Waals surface area contributed by atoms with Crippen LogP contribution in [-0.2, 0) is 12.8 Å². The highest BCUT2D eigenvalue weighted by molar-refractivity contribution is 5.55. The van der Waals surface area contributed by atoms with Crippen molar-refractivity contribution in [3.8, 4) is 11.4 Å². The molecular weight excluding hydrogens is 268 g/mol. The van der Waals surface area contributed by atoms with Crippen molar-refractivity contribution in [3.05, 3.63) is 47.8 Å². The van der Waals surface area contributed by atoms with E-state index in [1.54, 1.807) is 0 Å². The zero-order valence-electron chi connectivity index (χ0n) is 14.0. The van der Waals surface area contributed by atoms with E-state index in [0.717, 1.165) is 24.2 Å². The topological polar surface area (TPSA) is 25.8 Å². The van der Waals surface area contributed by atoms with Gasteiger partial charge in [-0.3, -0.25) is 9.97 Å². The first-order valence-corrected chi connectivity index (χ1v) is 8.73. The Kier molecular flexibility index (Phi) is 7.08. The van der Waals surface area contributed by atoms with Gasteiger partial charge >= 0.3 is 0 Å². The highest BCUT2D eigenvalue weighted by Gasteiger charge is 2.04. The quantitative estimate of drug-likeness (QED) is 0.562. The highest BCUT2D eigenvalue weighted by Crippen LogP contribution is 2.19. The predicted octanol–water partition coefficient (Wildman–Crippen LogP) is 5.61. The summed E-state index contributed by atoms with van der Waals surface area (Å²) in [5, 5.41) is 0. The Labute approximate surface area is 135 Å². The molecule has 0 fully saturated rings. The van der Waals surface area contributed by atoms with Crippen LogP contribution in [0.2, 0.25) is 0 Å². The van der Waals surface area contributed by atoms with Crippen molar-refractivity contribution in [1.82, 2.24) is 9.97 Å². The molecule has 0 bridgehead atoms. The zero-order chi connectivity index (χ0) is 15.6. The van der Waals surface area contributed by atoms with Crippen molar-refractivity contribution in [2.45, 2.75) is 65.2 Å². The lowest BCUT2D eigenvalue weighted by atomic mass is 10.0. The summed E-state index contributed by atoms with van der Waals surface area (Å²) < 4.78 is 0. The van der Waals surface area contributed by atoms with Gasteiger partial charge in [0.15, 0.2) is 0 Å². The minimum Gasteiger partial charge on any atom is -0.255 e. The molecule has 22 heavy (non-hydrogen) atoms. The van der Waals surface area contributed by atoms with Crippen molar-refractivity contribution >= 4 is 0 Å². The summed E-state index contributed by atoms with van der Waals surface area (Å²) in [5.74, 6) is 0. The molecule has 0 radical (unpaired) electrons. The Morgan fingerprint density at radius 3 is 1.55 bits per heavy atom. The van der Waals surface area contributed by atoms with Crippen LogP contribution in [-0.4, -0.2) is 9.97 Å². The molecule has 2 heteroatoms. The van der Waals surface area contributed by atoms with Crippen LogP contribution in [0.25, 0.3) is 11.4 Å². The normalized spacial score (nSPS) is 10.8. The van der Waals surface area contributed by atoms with E-state index in [0.29, 0.717) is 0 Å². The Hall–Kier alpha value is -1.70. The van der Waals surface area contributed by atoms with E-state index in [4.69, 9.17) is 0 Å². The van der Waals surface area contributed by atoms with Gasteiger partial charge in [-0.1, -0.05) is 39.5 Å². The summed E-state index contributed by atoms with van der Waals surface area (Å²) in [4.78, 5) is 9.03. The third-order valence-electron chi connectivity index (χ3n) is 4.05. The van der Waals surface area contributed by atoms with Crippen LogP contribution in [0.5, 0.6) is 0 Å². The molecule has 0 N–H and O–H groups in total. The molecule has 0 aromatic carbocycles. The maximum atomic E-state index is 4.51. The first-order chi connectivity index (χ1) is 10.8. The van der Waals surface area contributed by atoms with Crippen molar-refractivity contribution in [2.24, 2.45) is 0 Å². The molecule has 0 saturated heterocycles. The lowest BCUT2D eigenvalue weighted by molar-refractivity contribution is 0.716. The van der Waals surface area contributed by atoms with Gasteiger partial charge in [-0.15, -0.1) is 0 Å². The monoisotopic (exact) mass is 296 g/mol. The zero-order valence-corrected chi connectivity index (χ0v) is 14.0. The van der Waals surface area contributed by atoms with Gasteiger partial charge in [0.05, 0.1) is 11.4 Å². The number of aromatic nitrogens is 2. The number of unbranched alkanes of at least 4 members (excludes halogenated alkanes) is 4. The Bertz CT molecular complexity index is 512. The average molecular weight is 296 g/mol. The predicted molar refractivity (Wildman–Crippen MR) is 93.9 cm³/mol. The van der Waals surface area contributed by atoms with Crippen LogP contribution in [0.1, 0.15) is 63.5 Å². The fourth-order valence-electron chi connectivity index (χ4n) is 2.70. The van der Waals surface area contributed by atoms with Gasteiger partial charge < -0.3 is 0 Å². The maximum Gasteiger partial charge on any atom is 0.0888 e. The number of hydrogen-bond donors (Lipinski definition) is 0. The molecule has 0 aliphatic rings. The van der Waals surface area contributed by atoms with Gasteiger partial charge in [0, 0.05) is 12.4 Å². The number of hydrogen-bond acceptors (Lipinski definition) is 2. The lowest BCUT2D eigenvalue weighted by Crippen LogP contribution is -1.93. The van der Waals surface area contributed by atoms with Gasteiger partial charge in [0.2, 0.25) is 0 Å². The molecule has 2 heterocycles. The van der Waals surface area contributed by atoms with Crippen LogP contribution in [0.15, 0.2) is 36.7 Å². The molecular formula is C20H28N2. The van der Waals surface area contributed by atoms with E-state index in [9.17, 15) is 0 Å². The summed E-state index contributed by atoms with van der Waals surface area (Å²) >= 11 is 0. The molecule has 2 nitrogen and oxygen atoms in total. The molecule has 0 atom stereocenters. The third-order valence-corrected chi connectivity index (χ3v) is 4.05. The third kappa shape index (κ3) is 5.25. The smallest absolute Gasteiger partial charge is 0.0888 e. The Morgan fingerprint density at radius 2 is 1.14 bits per heavy atom. The first-order valence-electron chi connectivity index (χ1n) is 8.73. The van der Waals surface area contributed by atoms with Gasteiger partial charge in [-0.2, -0.15) is 0 Å². The van der Waals surface area contributed by atoms with Crippen molar-refractivity contribution < 1.29 is 0 Å². The summed E-state index contributed by atoms with van der Waals surface area (Å²) in [6, 6.07) is 8.66. The van der Waals surface area contributed by atoms with Crippen molar-refractivity contribution in [2.75, 3.05) is 0 Å². The fraction of sp³-hybridized carbons (Fsp3) is 0.500. The molecule has 2 rings (SSSR count). The van der Waals surface area contributed by atoms with Crippen LogP contribution >= 0.6 is 0 Å². The van der Waals surface area contributed by atoms with Gasteiger partial charge in [0.1, 0.15) is 0 Å². The second kappa shape index (κ2) is 9.34. The van der Waals surface area contributed by atoms with Crippen LogP contribution in [0, 0.1) is 0 Å². The number of rotatable bonds is 9. The Balaban J connectivity index is 2.07. The number of aryl methyl sites for hydroxylation is 2. The fourth-order valence-corrected chi connectivity index (χ4v) is 2.70. The van der Waals surface area contributed by atoms with E-state index in [1.807, 2.05) is 12.4 Å². The van der Waals surface area contributed by atoms with Crippen LogP contribution in [0.3, 0.4) is 0 Å². The molecule has 2 aromatic rings. The molecule has 2 aromatic heterocycles. The molecule has 0 aliphatic carbocycles. The Morgan fingerprint density at radius 1 is 0.682 bits per heavy atom. The SMILES string of the molecule is CCCCCc1ccnc(-c2cc(CCCCC)ccn2)c1.